The first-order chi connectivity index (χ1) is 5.45. The van der Waals surface area contributed by atoms with E-state index in [-0.39, 0.29) is 6.42 Å². The predicted octanol–water partition coefficient (Wildman–Crippen LogP) is 0.316. The van der Waals surface area contributed by atoms with Crippen LogP contribution in [0, 0.1) is 5.41 Å². The van der Waals surface area contributed by atoms with E-state index < -0.39 is 17.3 Å². The second kappa shape index (κ2) is 4.35. The quantitative estimate of drug-likeness (QED) is 0.613. The minimum atomic E-state index is -1.41. The molecule has 4 nitrogen and oxygen atoms in total. The summed E-state index contributed by atoms with van der Waals surface area (Å²) in [5.74, 6) is -1.31. The number of hydrogen-bond donors (Lipinski definition) is 2. The van der Waals surface area contributed by atoms with E-state index in [0.717, 1.165) is 0 Å². The van der Waals surface area contributed by atoms with Crippen molar-refractivity contribution >= 4 is 23.6 Å². The molecule has 1 atom stereocenters. The highest BCUT2D eigenvalue weighted by Crippen LogP contribution is 2.22. The molecule has 70 valence electrons. The molecule has 0 saturated heterocycles. The summed E-state index contributed by atoms with van der Waals surface area (Å²) in [5.41, 5.74) is 3.57. The van der Waals surface area contributed by atoms with E-state index in [2.05, 4.69) is 0 Å². The van der Waals surface area contributed by atoms with Crippen molar-refractivity contribution in [2.24, 2.45) is 11.1 Å². The highest BCUT2D eigenvalue weighted by Gasteiger charge is 2.38. The van der Waals surface area contributed by atoms with Gasteiger partial charge in [0, 0.05) is 0 Å². The Kier molecular flexibility index (Phi) is 4.09. The number of carboxylic acids is 1. The monoisotopic (exact) mass is 191 g/mol. The fourth-order valence-corrected chi connectivity index (χ4v) is 1.25. The summed E-state index contributed by atoms with van der Waals surface area (Å²) in [7, 11) is 0. The van der Waals surface area contributed by atoms with E-state index in [0.29, 0.717) is 5.75 Å². The molecule has 0 aliphatic heterocycles. The lowest BCUT2D eigenvalue weighted by atomic mass is 9.87. The third kappa shape index (κ3) is 2.41. The van der Waals surface area contributed by atoms with E-state index >= 15 is 0 Å². The molecule has 12 heavy (non-hydrogen) atoms. The van der Waals surface area contributed by atoms with Crippen LogP contribution in [0.15, 0.2) is 0 Å². The molecule has 0 aliphatic rings. The number of carbonyl (C=O) groups is 2. The summed E-state index contributed by atoms with van der Waals surface area (Å²) < 4.78 is 0. The van der Waals surface area contributed by atoms with Crippen molar-refractivity contribution in [1.82, 2.24) is 0 Å². The molecule has 0 rings (SSSR count). The minimum absolute atomic E-state index is 0.277. The van der Waals surface area contributed by atoms with E-state index in [1.807, 2.05) is 6.26 Å². The Morgan fingerprint density at radius 3 is 2.33 bits per heavy atom. The highest BCUT2D eigenvalue weighted by molar-refractivity contribution is 7.98. The molecule has 0 saturated carbocycles. The number of rotatable bonds is 5. The van der Waals surface area contributed by atoms with Crippen LogP contribution in [0.1, 0.15) is 13.3 Å². The number of thioether (sulfide) groups is 1. The summed E-state index contributed by atoms with van der Waals surface area (Å²) in [6, 6.07) is 0. The van der Waals surface area contributed by atoms with Crippen molar-refractivity contribution < 1.29 is 14.7 Å². The van der Waals surface area contributed by atoms with Gasteiger partial charge in [0.05, 0.1) is 0 Å². The molecule has 0 fully saturated rings. The van der Waals surface area contributed by atoms with E-state index in [9.17, 15) is 9.59 Å². The lowest BCUT2D eigenvalue weighted by Crippen LogP contribution is -2.41. The Bertz CT molecular complexity index is 179. The number of nitrogens with two attached hydrogens (primary N) is 1. The van der Waals surface area contributed by atoms with Gasteiger partial charge >= 0.3 is 5.97 Å². The number of carboxylic acid groups (broad SMARTS) is 1. The lowest BCUT2D eigenvalue weighted by Gasteiger charge is -2.19. The standard InChI is InChI=1S/C7H13NO3S/c1-7(5(8)9,6(10)11)3-4-12-2/h3-4H2,1-2H3,(H2,8,9)(H,10,11). The van der Waals surface area contributed by atoms with Gasteiger partial charge in [0.1, 0.15) is 5.41 Å². The molecule has 3 N–H and O–H groups in total. The average Bonchev–Trinajstić information content (AvgIpc) is 1.99. The van der Waals surface area contributed by atoms with Gasteiger partial charge in [-0.2, -0.15) is 11.8 Å². The number of carbonyl (C=O) groups excluding carboxylic acids is 1. The van der Waals surface area contributed by atoms with Crippen molar-refractivity contribution in [3.8, 4) is 0 Å². The molecule has 5 heteroatoms. The van der Waals surface area contributed by atoms with Crippen LogP contribution in [0.4, 0.5) is 0 Å². The van der Waals surface area contributed by atoms with Crippen LogP contribution in [0.3, 0.4) is 0 Å². The van der Waals surface area contributed by atoms with Crippen molar-refractivity contribution in [2.75, 3.05) is 12.0 Å². The van der Waals surface area contributed by atoms with E-state index in [1.165, 1.54) is 18.7 Å². The third-order valence-electron chi connectivity index (χ3n) is 1.82. The molecule has 0 aliphatic carbocycles. The molecular weight excluding hydrogens is 178 g/mol. The minimum Gasteiger partial charge on any atom is -0.480 e. The zero-order valence-corrected chi connectivity index (χ0v) is 7.98. The third-order valence-corrected chi connectivity index (χ3v) is 2.43. The summed E-state index contributed by atoms with van der Waals surface area (Å²) in [6.07, 6.45) is 2.13. The largest absolute Gasteiger partial charge is 0.480 e. The fourth-order valence-electron chi connectivity index (χ4n) is 0.642. The topological polar surface area (TPSA) is 80.4 Å². The fraction of sp³-hybridized carbons (Fsp3) is 0.714. The molecular formula is C7H13NO3S. The van der Waals surface area contributed by atoms with Crippen LogP contribution in [-0.4, -0.2) is 29.0 Å². The summed E-state index contributed by atoms with van der Waals surface area (Å²) in [6.45, 7) is 1.36. The van der Waals surface area contributed by atoms with Crippen LogP contribution >= 0.6 is 11.8 Å². The predicted molar refractivity (Wildman–Crippen MR) is 47.9 cm³/mol. The zero-order chi connectivity index (χ0) is 9.78. The molecule has 0 aromatic heterocycles. The Morgan fingerprint density at radius 1 is 1.58 bits per heavy atom. The first-order valence-corrected chi connectivity index (χ1v) is 4.86. The van der Waals surface area contributed by atoms with Gasteiger partial charge in [-0.1, -0.05) is 0 Å². The Labute approximate surface area is 75.5 Å². The number of aliphatic carboxylic acids is 1. The van der Waals surface area contributed by atoms with Crippen LogP contribution < -0.4 is 5.73 Å². The SMILES string of the molecule is CSCCC(C)(C(N)=O)C(=O)O. The number of primary amides is 1. The van der Waals surface area contributed by atoms with Crippen molar-refractivity contribution in [2.45, 2.75) is 13.3 Å². The maximum Gasteiger partial charge on any atom is 0.318 e. The van der Waals surface area contributed by atoms with Crippen LogP contribution in [0.5, 0.6) is 0 Å². The molecule has 0 spiro atoms. The molecule has 0 heterocycles. The maximum atomic E-state index is 10.8. The Hall–Kier alpha value is -0.710. The maximum absolute atomic E-state index is 10.8. The smallest absolute Gasteiger partial charge is 0.318 e. The average molecular weight is 191 g/mol. The normalized spacial score (nSPS) is 15.2. The molecule has 1 amide bonds. The van der Waals surface area contributed by atoms with E-state index in [1.54, 1.807) is 0 Å². The molecule has 1 unspecified atom stereocenters. The second-order valence-electron chi connectivity index (χ2n) is 2.74. The van der Waals surface area contributed by atoms with Crippen LogP contribution in [0.2, 0.25) is 0 Å². The summed E-state index contributed by atoms with van der Waals surface area (Å²) >= 11 is 1.49. The van der Waals surface area contributed by atoms with Gasteiger partial charge in [-0.3, -0.25) is 9.59 Å². The zero-order valence-electron chi connectivity index (χ0n) is 7.16. The van der Waals surface area contributed by atoms with Crippen molar-refractivity contribution in [3.05, 3.63) is 0 Å². The number of hydrogen-bond acceptors (Lipinski definition) is 3. The van der Waals surface area contributed by atoms with Gasteiger partial charge in [-0.15, -0.1) is 0 Å². The van der Waals surface area contributed by atoms with Gasteiger partial charge in [-0.25, -0.2) is 0 Å². The van der Waals surface area contributed by atoms with Gasteiger partial charge in [-0.05, 0) is 25.4 Å². The van der Waals surface area contributed by atoms with Gasteiger partial charge < -0.3 is 10.8 Å². The van der Waals surface area contributed by atoms with Gasteiger partial charge in [0.25, 0.3) is 0 Å². The van der Waals surface area contributed by atoms with Crippen molar-refractivity contribution in [3.63, 3.8) is 0 Å². The molecule has 0 bridgehead atoms. The lowest BCUT2D eigenvalue weighted by molar-refractivity contribution is -0.153. The summed E-state index contributed by atoms with van der Waals surface area (Å²) in [5, 5.41) is 8.72. The number of amides is 1. The van der Waals surface area contributed by atoms with Gasteiger partial charge in [0.2, 0.25) is 5.91 Å². The summed E-state index contributed by atoms with van der Waals surface area (Å²) in [4.78, 5) is 21.5. The molecule has 0 radical (unpaired) electrons. The first kappa shape index (κ1) is 11.3. The first-order valence-electron chi connectivity index (χ1n) is 3.47. The van der Waals surface area contributed by atoms with Crippen LogP contribution in [0.25, 0.3) is 0 Å². The molecule has 0 aromatic carbocycles. The Balaban J connectivity index is 4.40. The second-order valence-corrected chi connectivity index (χ2v) is 3.73. The van der Waals surface area contributed by atoms with Crippen molar-refractivity contribution in [1.29, 1.82) is 0 Å². The van der Waals surface area contributed by atoms with Crippen LogP contribution in [-0.2, 0) is 9.59 Å². The Morgan fingerprint density at radius 2 is 2.08 bits per heavy atom. The van der Waals surface area contributed by atoms with Gasteiger partial charge in [0.15, 0.2) is 0 Å². The highest BCUT2D eigenvalue weighted by atomic mass is 32.2. The van der Waals surface area contributed by atoms with E-state index in [4.69, 9.17) is 10.8 Å². The molecule has 0 aromatic rings.